The van der Waals surface area contributed by atoms with Crippen LogP contribution in [0.15, 0.2) is 22.1 Å². The van der Waals surface area contributed by atoms with Crippen LogP contribution in [0.3, 0.4) is 0 Å². The van der Waals surface area contributed by atoms with E-state index in [9.17, 15) is 0 Å². The first-order valence-electron chi connectivity index (χ1n) is 4.49. The predicted octanol–water partition coefficient (Wildman–Crippen LogP) is 3.33. The van der Waals surface area contributed by atoms with Gasteiger partial charge in [0.15, 0.2) is 0 Å². The van der Waals surface area contributed by atoms with Crippen molar-refractivity contribution in [2.75, 3.05) is 0 Å². The van der Waals surface area contributed by atoms with Gasteiger partial charge in [0, 0.05) is 10.6 Å². The molecule has 0 aliphatic heterocycles. The Kier molecular flexibility index (Phi) is 3.03. The Labute approximate surface area is 95.5 Å². The second-order valence-corrected chi connectivity index (χ2v) is 4.95. The Balaban J connectivity index is 2.01. The van der Waals surface area contributed by atoms with Gasteiger partial charge in [-0.1, -0.05) is 6.07 Å². The highest BCUT2D eigenvalue weighted by Crippen LogP contribution is 2.17. The summed E-state index contributed by atoms with van der Waals surface area (Å²) in [5.74, 6) is 0.970. The molecule has 0 aliphatic rings. The minimum atomic E-state index is 0.951. The molecule has 1 N–H and O–H groups in total. The summed E-state index contributed by atoms with van der Waals surface area (Å²) in [4.78, 5) is 8.95. The van der Waals surface area contributed by atoms with E-state index in [1.165, 1.54) is 10.6 Å². The molecule has 0 radical (unpaired) electrons. The van der Waals surface area contributed by atoms with Gasteiger partial charge in [0.25, 0.3) is 0 Å². The van der Waals surface area contributed by atoms with Crippen LogP contribution in [0, 0.1) is 6.92 Å². The first-order valence-corrected chi connectivity index (χ1v) is 6.16. The van der Waals surface area contributed by atoms with Gasteiger partial charge in [0.05, 0.1) is 0 Å². The fraction of sp³-hybridized carbons (Fsp3) is 0.300. The average Bonchev–Trinajstić information content (AvgIpc) is 2.72. The van der Waals surface area contributed by atoms with Crippen molar-refractivity contribution < 1.29 is 0 Å². The van der Waals surface area contributed by atoms with Gasteiger partial charge in [-0.3, -0.25) is 0 Å². The molecule has 2 heterocycles. The Bertz CT molecular complexity index is 406. The lowest BCUT2D eigenvalue weighted by Crippen LogP contribution is -1.90. The number of nitrogens with zero attached hydrogens (tertiary/aromatic N) is 1. The highest BCUT2D eigenvalue weighted by molar-refractivity contribution is 9.10. The highest BCUT2D eigenvalue weighted by Gasteiger charge is 2.05. The van der Waals surface area contributed by atoms with E-state index in [0.29, 0.717) is 0 Å². The number of hydrogen-bond donors (Lipinski definition) is 1. The zero-order valence-corrected chi connectivity index (χ0v) is 10.3. The molecular weight excluding hydrogens is 260 g/mol. The number of nitrogens with one attached hydrogen (secondary N) is 1. The van der Waals surface area contributed by atoms with Crippen molar-refractivity contribution >= 4 is 27.3 Å². The maximum Gasteiger partial charge on any atom is 0.127 e. The Morgan fingerprint density at radius 1 is 1.50 bits per heavy atom. The summed E-state index contributed by atoms with van der Waals surface area (Å²) >= 11 is 5.25. The van der Waals surface area contributed by atoms with E-state index in [1.54, 1.807) is 11.3 Å². The molecule has 4 heteroatoms. The average molecular weight is 271 g/mol. The van der Waals surface area contributed by atoms with E-state index >= 15 is 0 Å². The summed E-state index contributed by atoms with van der Waals surface area (Å²) in [5, 5.41) is 2.11. The third-order valence-electron chi connectivity index (χ3n) is 2.05. The molecule has 14 heavy (non-hydrogen) atoms. The molecule has 0 amide bonds. The van der Waals surface area contributed by atoms with Crippen LogP contribution in [-0.2, 0) is 12.8 Å². The van der Waals surface area contributed by atoms with Gasteiger partial charge in [-0.25, -0.2) is 4.98 Å². The third kappa shape index (κ3) is 2.25. The molecule has 0 aromatic carbocycles. The Hall–Kier alpha value is -0.610. The molecule has 0 unspecified atom stereocenters. The summed E-state index contributed by atoms with van der Waals surface area (Å²) in [7, 11) is 0. The van der Waals surface area contributed by atoms with Gasteiger partial charge in [-0.05, 0) is 47.1 Å². The normalized spacial score (nSPS) is 10.7. The van der Waals surface area contributed by atoms with Crippen molar-refractivity contribution in [3.8, 4) is 0 Å². The maximum atomic E-state index is 4.28. The molecule has 2 aromatic rings. The van der Waals surface area contributed by atoms with Crippen LogP contribution in [0.4, 0.5) is 0 Å². The number of hydrogen-bond acceptors (Lipinski definition) is 2. The molecule has 0 aliphatic carbocycles. The number of aromatic amines is 1. The summed E-state index contributed by atoms with van der Waals surface area (Å²) in [5.41, 5.74) is 1.19. The van der Waals surface area contributed by atoms with Gasteiger partial charge in [-0.15, -0.1) is 11.3 Å². The van der Waals surface area contributed by atoms with Crippen LogP contribution < -0.4 is 0 Å². The van der Waals surface area contributed by atoms with Crippen LogP contribution in [0.5, 0.6) is 0 Å². The summed E-state index contributed by atoms with van der Waals surface area (Å²) in [6, 6.07) is 4.26. The monoisotopic (exact) mass is 270 g/mol. The number of thiophene rings is 1. The van der Waals surface area contributed by atoms with E-state index in [4.69, 9.17) is 0 Å². The van der Waals surface area contributed by atoms with E-state index in [0.717, 1.165) is 23.3 Å². The van der Waals surface area contributed by atoms with Crippen molar-refractivity contribution in [2.45, 2.75) is 19.8 Å². The minimum Gasteiger partial charge on any atom is -0.345 e. The fourth-order valence-corrected chi connectivity index (χ4v) is 2.65. The molecule has 0 spiro atoms. The topological polar surface area (TPSA) is 28.7 Å². The fourth-order valence-electron chi connectivity index (χ4n) is 1.38. The lowest BCUT2D eigenvalue weighted by molar-refractivity contribution is 0.930. The molecule has 2 rings (SSSR count). The number of halogens is 1. The van der Waals surface area contributed by atoms with E-state index in [2.05, 4.69) is 43.4 Å². The third-order valence-corrected chi connectivity index (χ3v) is 3.64. The largest absolute Gasteiger partial charge is 0.345 e. The number of rotatable bonds is 3. The molecule has 0 fully saturated rings. The van der Waals surface area contributed by atoms with Gasteiger partial charge in [0.1, 0.15) is 10.4 Å². The minimum absolute atomic E-state index is 0.951. The van der Waals surface area contributed by atoms with Crippen LogP contribution in [0.2, 0.25) is 0 Å². The number of imidazole rings is 1. The summed E-state index contributed by atoms with van der Waals surface area (Å²) < 4.78 is 0.951. The summed E-state index contributed by atoms with van der Waals surface area (Å²) in [6.07, 6.45) is 2.10. The van der Waals surface area contributed by atoms with Crippen LogP contribution in [0.25, 0.3) is 0 Å². The maximum absolute atomic E-state index is 4.28. The zero-order valence-electron chi connectivity index (χ0n) is 7.88. The highest BCUT2D eigenvalue weighted by atomic mass is 79.9. The smallest absolute Gasteiger partial charge is 0.127 e. The van der Waals surface area contributed by atoms with Crippen molar-refractivity contribution in [3.05, 3.63) is 38.5 Å². The second-order valence-electron chi connectivity index (χ2n) is 3.17. The van der Waals surface area contributed by atoms with Crippen molar-refractivity contribution in [1.29, 1.82) is 0 Å². The standard InChI is InChI=1S/C10H11BrN2S/c1-7-12-9(10(11)13-7)5-4-8-3-2-6-14-8/h2-3,6H,4-5H2,1H3,(H,12,13). The van der Waals surface area contributed by atoms with Gasteiger partial charge < -0.3 is 4.98 Å². The van der Waals surface area contributed by atoms with Crippen molar-refractivity contribution in [2.24, 2.45) is 0 Å². The molecule has 0 atom stereocenters. The molecule has 0 saturated heterocycles. The van der Waals surface area contributed by atoms with E-state index < -0.39 is 0 Å². The molecular formula is C10H11BrN2S. The van der Waals surface area contributed by atoms with Crippen LogP contribution >= 0.6 is 27.3 Å². The molecule has 0 bridgehead atoms. The molecule has 74 valence electrons. The molecule has 2 aromatic heterocycles. The number of aromatic nitrogens is 2. The number of H-pyrrole nitrogens is 1. The van der Waals surface area contributed by atoms with Gasteiger partial charge in [-0.2, -0.15) is 0 Å². The molecule has 0 saturated carbocycles. The first-order chi connectivity index (χ1) is 6.75. The second kappa shape index (κ2) is 4.28. The number of aryl methyl sites for hydroxylation is 3. The van der Waals surface area contributed by atoms with E-state index in [-0.39, 0.29) is 0 Å². The lowest BCUT2D eigenvalue weighted by Gasteiger charge is -1.95. The SMILES string of the molecule is Cc1nc(Br)c(CCc2cccs2)[nH]1. The molecule has 2 nitrogen and oxygen atoms in total. The Morgan fingerprint density at radius 3 is 2.93 bits per heavy atom. The lowest BCUT2D eigenvalue weighted by atomic mass is 10.2. The van der Waals surface area contributed by atoms with Gasteiger partial charge in [0.2, 0.25) is 0 Å². The van der Waals surface area contributed by atoms with Gasteiger partial charge >= 0.3 is 0 Å². The van der Waals surface area contributed by atoms with Crippen LogP contribution in [-0.4, -0.2) is 9.97 Å². The van der Waals surface area contributed by atoms with Crippen molar-refractivity contribution in [1.82, 2.24) is 9.97 Å². The zero-order chi connectivity index (χ0) is 9.97. The van der Waals surface area contributed by atoms with E-state index in [1.807, 2.05) is 6.92 Å². The van der Waals surface area contributed by atoms with Crippen LogP contribution in [0.1, 0.15) is 16.4 Å². The predicted molar refractivity (Wildman–Crippen MR) is 62.8 cm³/mol. The van der Waals surface area contributed by atoms with Crippen molar-refractivity contribution in [3.63, 3.8) is 0 Å². The quantitative estimate of drug-likeness (QED) is 0.911. The first kappa shape index (κ1) is 9.93. The summed E-state index contributed by atoms with van der Waals surface area (Å²) in [6.45, 7) is 1.97. The Morgan fingerprint density at radius 2 is 2.36 bits per heavy atom.